The van der Waals surface area contributed by atoms with Crippen LogP contribution in [0.25, 0.3) is 0 Å². The molecule has 1 amide bonds. The van der Waals surface area contributed by atoms with E-state index in [1.165, 1.54) is 12.8 Å². The van der Waals surface area contributed by atoms with Gasteiger partial charge in [-0.25, -0.2) is 0 Å². The molecule has 15 heavy (non-hydrogen) atoms. The molecule has 2 heterocycles. The number of carbonyl (C=O) groups is 1. The van der Waals surface area contributed by atoms with Gasteiger partial charge in [-0.1, -0.05) is 0 Å². The van der Waals surface area contributed by atoms with Gasteiger partial charge in [0.1, 0.15) is 0 Å². The van der Waals surface area contributed by atoms with Crippen LogP contribution < -0.4 is 5.32 Å². The average Bonchev–Trinajstić information content (AvgIpc) is 2.67. The molecule has 0 spiro atoms. The molecule has 0 aromatic rings. The lowest BCUT2D eigenvalue weighted by Gasteiger charge is -2.21. The van der Waals surface area contributed by atoms with Gasteiger partial charge in [0.25, 0.3) is 0 Å². The molecule has 4 heteroatoms. The second kappa shape index (κ2) is 5.47. The van der Waals surface area contributed by atoms with E-state index in [1.54, 1.807) is 0 Å². The summed E-state index contributed by atoms with van der Waals surface area (Å²) in [4.78, 5) is 13.6. The third-order valence-corrected chi connectivity index (χ3v) is 3.16. The number of amides is 1. The van der Waals surface area contributed by atoms with E-state index in [0.717, 1.165) is 39.1 Å². The maximum Gasteiger partial charge on any atom is 0.236 e. The third kappa shape index (κ3) is 3.18. The molecule has 2 rings (SSSR count). The Morgan fingerprint density at radius 3 is 3.20 bits per heavy atom. The highest BCUT2D eigenvalue weighted by atomic mass is 16.5. The summed E-state index contributed by atoms with van der Waals surface area (Å²) in [5.41, 5.74) is 0. The highest BCUT2D eigenvalue weighted by molar-refractivity contribution is 5.78. The topological polar surface area (TPSA) is 41.6 Å². The Kier molecular flexibility index (Phi) is 3.97. The second-order valence-corrected chi connectivity index (χ2v) is 4.33. The molecule has 0 bridgehead atoms. The van der Waals surface area contributed by atoms with Gasteiger partial charge in [-0.2, -0.15) is 0 Å². The van der Waals surface area contributed by atoms with Gasteiger partial charge in [0.2, 0.25) is 5.91 Å². The molecule has 0 saturated carbocycles. The number of nitrogens with one attached hydrogen (secondary N) is 1. The molecule has 0 radical (unpaired) electrons. The van der Waals surface area contributed by atoms with Crippen molar-refractivity contribution in [3.8, 4) is 0 Å². The zero-order chi connectivity index (χ0) is 10.5. The minimum atomic E-state index is 0.241. The van der Waals surface area contributed by atoms with E-state index in [2.05, 4.69) is 5.32 Å². The fraction of sp³-hybridized carbons (Fsp3) is 0.909. The predicted octanol–water partition coefficient (Wildman–Crippen LogP) is 0.377. The fourth-order valence-electron chi connectivity index (χ4n) is 2.24. The van der Waals surface area contributed by atoms with E-state index < -0.39 is 0 Å². The molecular weight excluding hydrogens is 192 g/mol. The zero-order valence-corrected chi connectivity index (χ0v) is 9.21. The van der Waals surface area contributed by atoms with Gasteiger partial charge in [-0.05, 0) is 32.2 Å². The van der Waals surface area contributed by atoms with E-state index in [1.807, 2.05) is 4.90 Å². The van der Waals surface area contributed by atoms with Crippen LogP contribution in [0.1, 0.15) is 25.7 Å². The van der Waals surface area contributed by atoms with Gasteiger partial charge in [0.15, 0.2) is 0 Å². The number of nitrogens with zero attached hydrogens (tertiary/aromatic N) is 1. The monoisotopic (exact) mass is 212 g/mol. The summed E-state index contributed by atoms with van der Waals surface area (Å²) >= 11 is 0. The molecule has 1 unspecified atom stereocenters. The van der Waals surface area contributed by atoms with Crippen molar-refractivity contribution in [3.63, 3.8) is 0 Å². The van der Waals surface area contributed by atoms with Crippen molar-refractivity contribution < 1.29 is 9.53 Å². The van der Waals surface area contributed by atoms with Crippen molar-refractivity contribution in [2.75, 3.05) is 32.8 Å². The van der Waals surface area contributed by atoms with Gasteiger partial charge in [0.05, 0.1) is 12.6 Å². The number of ether oxygens (including phenoxy) is 1. The van der Waals surface area contributed by atoms with Crippen LogP contribution in [0.4, 0.5) is 0 Å². The largest absolute Gasteiger partial charge is 0.378 e. The highest BCUT2D eigenvalue weighted by Crippen LogP contribution is 2.15. The lowest BCUT2D eigenvalue weighted by molar-refractivity contribution is -0.129. The van der Waals surface area contributed by atoms with Crippen molar-refractivity contribution >= 4 is 5.91 Å². The zero-order valence-electron chi connectivity index (χ0n) is 9.21. The van der Waals surface area contributed by atoms with E-state index in [9.17, 15) is 4.79 Å². The van der Waals surface area contributed by atoms with Gasteiger partial charge in [0, 0.05) is 19.7 Å². The van der Waals surface area contributed by atoms with Crippen molar-refractivity contribution in [1.29, 1.82) is 0 Å². The van der Waals surface area contributed by atoms with E-state index in [0.29, 0.717) is 12.6 Å². The lowest BCUT2D eigenvalue weighted by atomic mass is 10.2. The number of hydrogen-bond donors (Lipinski definition) is 1. The molecule has 2 fully saturated rings. The number of hydrogen-bond acceptors (Lipinski definition) is 3. The molecular formula is C11H20N2O2. The Morgan fingerprint density at radius 1 is 1.47 bits per heavy atom. The summed E-state index contributed by atoms with van der Waals surface area (Å²) in [6.07, 6.45) is 4.82. The molecule has 2 aliphatic rings. The van der Waals surface area contributed by atoms with Crippen LogP contribution in [0.5, 0.6) is 0 Å². The lowest BCUT2D eigenvalue weighted by Crippen LogP contribution is -2.36. The second-order valence-electron chi connectivity index (χ2n) is 4.33. The Bertz CT molecular complexity index is 215. The maximum atomic E-state index is 11.6. The van der Waals surface area contributed by atoms with Gasteiger partial charge in [-0.15, -0.1) is 0 Å². The summed E-state index contributed by atoms with van der Waals surface area (Å²) in [5.74, 6) is 0.241. The minimum Gasteiger partial charge on any atom is -0.378 e. The minimum absolute atomic E-state index is 0.241. The van der Waals surface area contributed by atoms with Crippen LogP contribution in [0.15, 0.2) is 0 Å². The van der Waals surface area contributed by atoms with E-state index in [-0.39, 0.29) is 5.91 Å². The first-order chi connectivity index (χ1) is 7.36. The Balaban J connectivity index is 1.73. The first-order valence-corrected chi connectivity index (χ1v) is 5.96. The normalized spacial score (nSPS) is 28.1. The van der Waals surface area contributed by atoms with Crippen molar-refractivity contribution in [2.24, 2.45) is 0 Å². The molecule has 0 aliphatic carbocycles. The third-order valence-electron chi connectivity index (χ3n) is 3.16. The van der Waals surface area contributed by atoms with Gasteiger partial charge < -0.3 is 15.0 Å². The molecule has 1 N–H and O–H groups in total. The van der Waals surface area contributed by atoms with Crippen molar-refractivity contribution in [3.05, 3.63) is 0 Å². The first kappa shape index (κ1) is 10.9. The molecule has 2 aliphatic heterocycles. The summed E-state index contributed by atoms with van der Waals surface area (Å²) in [6.45, 7) is 4.14. The van der Waals surface area contributed by atoms with Crippen molar-refractivity contribution in [2.45, 2.75) is 31.8 Å². The smallest absolute Gasteiger partial charge is 0.236 e. The van der Waals surface area contributed by atoms with Crippen LogP contribution in [0.3, 0.4) is 0 Å². The summed E-state index contributed by atoms with van der Waals surface area (Å²) in [5, 5.41) is 3.13. The van der Waals surface area contributed by atoms with E-state index >= 15 is 0 Å². The SMILES string of the molecule is O=C1CNCCCN1CCC1CCCO1. The van der Waals surface area contributed by atoms with Crippen LogP contribution in [-0.2, 0) is 9.53 Å². The van der Waals surface area contributed by atoms with Crippen molar-refractivity contribution in [1.82, 2.24) is 10.2 Å². The molecule has 1 atom stereocenters. The number of carbonyl (C=O) groups excluding carboxylic acids is 1. The summed E-state index contributed by atoms with van der Waals surface area (Å²) in [7, 11) is 0. The van der Waals surface area contributed by atoms with Crippen LogP contribution in [0.2, 0.25) is 0 Å². The predicted molar refractivity (Wildman–Crippen MR) is 57.7 cm³/mol. The van der Waals surface area contributed by atoms with Crippen LogP contribution in [0, 0.1) is 0 Å². The first-order valence-electron chi connectivity index (χ1n) is 5.96. The molecule has 0 aromatic heterocycles. The van der Waals surface area contributed by atoms with Crippen LogP contribution >= 0.6 is 0 Å². The fourth-order valence-corrected chi connectivity index (χ4v) is 2.24. The average molecular weight is 212 g/mol. The van der Waals surface area contributed by atoms with Crippen LogP contribution in [-0.4, -0.2) is 49.7 Å². The number of rotatable bonds is 3. The van der Waals surface area contributed by atoms with E-state index in [4.69, 9.17) is 4.74 Å². The molecule has 4 nitrogen and oxygen atoms in total. The van der Waals surface area contributed by atoms with Gasteiger partial charge >= 0.3 is 0 Å². The summed E-state index contributed by atoms with van der Waals surface area (Å²) < 4.78 is 5.56. The Labute approximate surface area is 91.0 Å². The molecule has 2 saturated heterocycles. The van der Waals surface area contributed by atoms with Gasteiger partial charge in [-0.3, -0.25) is 4.79 Å². The standard InChI is InChI=1S/C11H20N2O2/c14-11-9-12-5-2-6-13(11)7-4-10-3-1-8-15-10/h10,12H,1-9H2. The molecule has 86 valence electrons. The highest BCUT2D eigenvalue weighted by Gasteiger charge is 2.20. The Morgan fingerprint density at radius 2 is 2.40 bits per heavy atom. The quantitative estimate of drug-likeness (QED) is 0.735. The summed E-state index contributed by atoms with van der Waals surface area (Å²) in [6, 6.07) is 0. The maximum absolute atomic E-state index is 11.6. The Hall–Kier alpha value is -0.610. The molecule has 0 aromatic carbocycles.